The fourth-order valence-corrected chi connectivity index (χ4v) is 3.32. The number of nitrogens with zero attached hydrogens (tertiary/aromatic N) is 1. The zero-order valence-corrected chi connectivity index (χ0v) is 20.6. The number of nitrogens with one attached hydrogen (secondary N) is 2. The van der Waals surface area contributed by atoms with E-state index >= 15 is 0 Å². The Balaban J connectivity index is 0.00000341. The van der Waals surface area contributed by atoms with Crippen molar-refractivity contribution in [2.24, 2.45) is 4.99 Å². The van der Waals surface area contributed by atoms with Crippen LogP contribution in [0.25, 0.3) is 0 Å². The van der Waals surface area contributed by atoms with Gasteiger partial charge in [-0.2, -0.15) is 0 Å². The molecule has 0 fully saturated rings. The average molecular weight is 543 g/mol. The maximum atomic E-state index is 5.54. The Hall–Kier alpha value is -2.56. The molecule has 0 bridgehead atoms. The van der Waals surface area contributed by atoms with Crippen LogP contribution in [0.5, 0.6) is 28.7 Å². The fourth-order valence-electron chi connectivity index (χ4n) is 3.32. The number of fused-ring (bicyclic) bond motifs is 1. The Labute approximate surface area is 200 Å². The first-order valence-electron chi connectivity index (χ1n) is 9.81. The van der Waals surface area contributed by atoms with E-state index in [0.717, 1.165) is 42.4 Å². The van der Waals surface area contributed by atoms with Gasteiger partial charge in [-0.3, -0.25) is 4.99 Å². The Morgan fingerprint density at radius 2 is 1.61 bits per heavy atom. The topological polar surface area (TPSA) is 82.6 Å². The monoisotopic (exact) mass is 543 g/mol. The van der Waals surface area contributed by atoms with Gasteiger partial charge >= 0.3 is 0 Å². The van der Waals surface area contributed by atoms with Crippen LogP contribution >= 0.6 is 24.0 Å². The lowest BCUT2D eigenvalue weighted by atomic mass is 10.1. The van der Waals surface area contributed by atoms with Crippen molar-refractivity contribution < 1.29 is 23.7 Å². The Kier molecular flexibility index (Phi) is 9.83. The highest BCUT2D eigenvalue weighted by Gasteiger charge is 2.16. The van der Waals surface area contributed by atoms with Crippen molar-refractivity contribution >= 4 is 29.9 Å². The molecule has 0 saturated carbocycles. The van der Waals surface area contributed by atoms with E-state index in [1.807, 2.05) is 24.3 Å². The van der Waals surface area contributed by atoms with Crippen LogP contribution in [0.15, 0.2) is 35.3 Å². The lowest BCUT2D eigenvalue weighted by molar-refractivity contribution is 0.174. The summed E-state index contributed by atoms with van der Waals surface area (Å²) in [7, 11) is 6.60. The lowest BCUT2D eigenvalue weighted by Crippen LogP contribution is -2.39. The number of benzene rings is 2. The molecule has 0 spiro atoms. The van der Waals surface area contributed by atoms with E-state index in [4.69, 9.17) is 23.7 Å². The van der Waals surface area contributed by atoms with Crippen LogP contribution in [0.1, 0.15) is 11.1 Å². The summed E-state index contributed by atoms with van der Waals surface area (Å²) in [4.78, 5) is 4.29. The molecule has 2 aromatic rings. The molecule has 0 aromatic heterocycles. The minimum Gasteiger partial charge on any atom is -0.493 e. The van der Waals surface area contributed by atoms with Crippen molar-refractivity contribution in [1.82, 2.24) is 10.6 Å². The molecular formula is C22H30IN3O5. The number of hydrogen-bond donors (Lipinski definition) is 2. The number of guanidine groups is 1. The molecule has 0 amide bonds. The van der Waals surface area contributed by atoms with Gasteiger partial charge in [-0.25, -0.2) is 0 Å². The molecule has 31 heavy (non-hydrogen) atoms. The Morgan fingerprint density at radius 3 is 2.29 bits per heavy atom. The summed E-state index contributed by atoms with van der Waals surface area (Å²) in [5.74, 6) is 4.28. The van der Waals surface area contributed by atoms with Crippen LogP contribution in [0.2, 0.25) is 0 Å². The van der Waals surface area contributed by atoms with Gasteiger partial charge in [0.1, 0.15) is 0 Å². The van der Waals surface area contributed by atoms with Crippen molar-refractivity contribution in [2.45, 2.75) is 12.8 Å². The quantitative estimate of drug-likeness (QED) is 0.286. The normalized spacial score (nSPS) is 12.1. The van der Waals surface area contributed by atoms with E-state index in [9.17, 15) is 0 Å². The van der Waals surface area contributed by atoms with E-state index in [0.29, 0.717) is 30.6 Å². The molecule has 1 heterocycles. The third kappa shape index (κ3) is 6.22. The number of halogens is 1. The number of rotatable bonds is 9. The van der Waals surface area contributed by atoms with Crippen LogP contribution in [-0.4, -0.2) is 54.2 Å². The molecule has 0 saturated heterocycles. The molecular weight excluding hydrogens is 513 g/mol. The largest absolute Gasteiger partial charge is 0.493 e. The zero-order chi connectivity index (χ0) is 21.3. The van der Waals surface area contributed by atoms with Gasteiger partial charge in [0, 0.05) is 25.7 Å². The first-order chi connectivity index (χ1) is 14.7. The SMILES string of the molecule is CN=C(NCCc1ccc2c(c1)OCO2)NCCc1ccc(OC)c(OC)c1OC.I. The second-order valence-electron chi connectivity index (χ2n) is 6.61. The number of methoxy groups -OCH3 is 3. The molecule has 170 valence electrons. The van der Waals surface area contributed by atoms with Gasteiger partial charge in [0.25, 0.3) is 0 Å². The van der Waals surface area contributed by atoms with E-state index < -0.39 is 0 Å². The summed E-state index contributed by atoms with van der Waals surface area (Å²) in [6.07, 6.45) is 1.59. The Bertz CT molecular complexity index is 892. The van der Waals surface area contributed by atoms with Gasteiger partial charge in [0.05, 0.1) is 21.3 Å². The van der Waals surface area contributed by atoms with Crippen LogP contribution in [-0.2, 0) is 12.8 Å². The van der Waals surface area contributed by atoms with Crippen molar-refractivity contribution in [3.05, 3.63) is 41.5 Å². The van der Waals surface area contributed by atoms with Crippen LogP contribution in [0.3, 0.4) is 0 Å². The lowest BCUT2D eigenvalue weighted by Gasteiger charge is -2.16. The van der Waals surface area contributed by atoms with Gasteiger partial charge in [-0.05, 0) is 36.6 Å². The summed E-state index contributed by atoms with van der Waals surface area (Å²) in [5.41, 5.74) is 2.20. The Morgan fingerprint density at radius 1 is 0.903 bits per heavy atom. The predicted molar refractivity (Wildman–Crippen MR) is 131 cm³/mol. The highest BCUT2D eigenvalue weighted by Crippen LogP contribution is 2.39. The summed E-state index contributed by atoms with van der Waals surface area (Å²) < 4.78 is 27.1. The maximum absolute atomic E-state index is 5.54. The smallest absolute Gasteiger partial charge is 0.231 e. The van der Waals surface area contributed by atoms with Gasteiger partial charge in [0.15, 0.2) is 29.0 Å². The predicted octanol–water partition coefficient (Wildman–Crippen LogP) is 3.01. The summed E-state index contributed by atoms with van der Waals surface area (Å²) >= 11 is 0. The third-order valence-electron chi connectivity index (χ3n) is 4.84. The van der Waals surface area contributed by atoms with Crippen LogP contribution in [0.4, 0.5) is 0 Å². The van der Waals surface area contributed by atoms with Gasteiger partial charge in [-0.1, -0.05) is 12.1 Å². The molecule has 8 nitrogen and oxygen atoms in total. The highest BCUT2D eigenvalue weighted by atomic mass is 127. The second-order valence-corrected chi connectivity index (χ2v) is 6.61. The van der Waals surface area contributed by atoms with E-state index in [1.165, 1.54) is 5.56 Å². The summed E-state index contributed by atoms with van der Waals surface area (Å²) in [6, 6.07) is 9.88. The minimum absolute atomic E-state index is 0. The van der Waals surface area contributed by atoms with Crippen molar-refractivity contribution in [1.29, 1.82) is 0 Å². The third-order valence-corrected chi connectivity index (χ3v) is 4.84. The first-order valence-corrected chi connectivity index (χ1v) is 9.81. The molecule has 9 heteroatoms. The second kappa shape index (κ2) is 12.3. The molecule has 1 aliphatic heterocycles. The van der Waals surface area contributed by atoms with Gasteiger partial charge < -0.3 is 34.3 Å². The molecule has 2 N–H and O–H groups in total. The van der Waals surface area contributed by atoms with E-state index in [2.05, 4.69) is 21.7 Å². The molecule has 2 aromatic carbocycles. The summed E-state index contributed by atoms with van der Waals surface area (Å²) in [5, 5.41) is 6.66. The molecule has 3 rings (SSSR count). The molecule has 0 aliphatic carbocycles. The number of ether oxygens (including phenoxy) is 5. The maximum Gasteiger partial charge on any atom is 0.231 e. The molecule has 0 unspecified atom stereocenters. The number of hydrogen-bond acceptors (Lipinski definition) is 6. The van der Waals surface area contributed by atoms with Crippen molar-refractivity contribution in [2.75, 3.05) is 48.3 Å². The van der Waals surface area contributed by atoms with Crippen molar-refractivity contribution in [3.8, 4) is 28.7 Å². The zero-order valence-electron chi connectivity index (χ0n) is 18.3. The van der Waals surface area contributed by atoms with Gasteiger partial charge in [-0.15, -0.1) is 24.0 Å². The molecule has 0 radical (unpaired) electrons. The highest BCUT2D eigenvalue weighted by molar-refractivity contribution is 14.0. The van der Waals surface area contributed by atoms with E-state index in [1.54, 1.807) is 28.4 Å². The van der Waals surface area contributed by atoms with E-state index in [-0.39, 0.29) is 24.0 Å². The average Bonchev–Trinajstić information content (AvgIpc) is 3.25. The number of aliphatic imine (C=N–C) groups is 1. The van der Waals surface area contributed by atoms with Crippen molar-refractivity contribution in [3.63, 3.8) is 0 Å². The van der Waals surface area contributed by atoms with Crippen LogP contribution in [0, 0.1) is 0 Å². The molecule has 1 aliphatic rings. The fraction of sp³-hybridized carbons (Fsp3) is 0.409. The minimum atomic E-state index is 0. The summed E-state index contributed by atoms with van der Waals surface area (Å²) in [6.45, 7) is 1.73. The first kappa shape index (κ1) is 24.7. The standard InChI is InChI=1S/C22H29N3O5.HI/c1-23-22(24-11-9-15-5-7-17-19(13-15)30-14-29-17)25-12-10-16-6-8-18(26-2)21(28-4)20(16)27-3;/h5-8,13H,9-12,14H2,1-4H3,(H2,23,24,25);1H. The van der Waals surface area contributed by atoms with Crippen LogP contribution < -0.4 is 34.3 Å². The molecule has 0 atom stereocenters. The van der Waals surface area contributed by atoms with Gasteiger partial charge in [0.2, 0.25) is 12.5 Å².